The molecule has 7 heteroatoms. The molecule has 1 aromatic heterocycles. The molecule has 1 aliphatic heterocycles. The van der Waals surface area contributed by atoms with Crippen LogP contribution in [0.1, 0.15) is 31.6 Å². The monoisotopic (exact) mass is 270 g/mol. The Bertz CT molecular complexity index is 564. The van der Waals surface area contributed by atoms with Gasteiger partial charge in [0.2, 0.25) is 0 Å². The molecular formula is C12H18N2O5. The number of aliphatic hydroxyl groups excluding tert-OH is 1. The van der Waals surface area contributed by atoms with Gasteiger partial charge in [-0.15, -0.1) is 0 Å². The Labute approximate surface area is 109 Å². The zero-order valence-corrected chi connectivity index (χ0v) is 11.0. The third-order valence-electron chi connectivity index (χ3n) is 3.23. The summed E-state index contributed by atoms with van der Waals surface area (Å²) in [7, 11) is 0. The summed E-state index contributed by atoms with van der Waals surface area (Å²) in [6.45, 7) is 3.57. The topological polar surface area (TPSA) is 93.5 Å². The van der Waals surface area contributed by atoms with Gasteiger partial charge in [0.1, 0.15) is 6.23 Å². The van der Waals surface area contributed by atoms with Crippen LogP contribution in [0.2, 0.25) is 0 Å². The van der Waals surface area contributed by atoms with Crippen LogP contribution < -0.4 is 11.2 Å². The van der Waals surface area contributed by atoms with Crippen molar-refractivity contribution in [2.45, 2.75) is 38.7 Å². The Hall–Kier alpha value is -1.44. The Morgan fingerprint density at radius 2 is 2.37 bits per heavy atom. The number of aliphatic hydroxyl groups is 1. The largest absolute Gasteiger partial charge is 0.391 e. The van der Waals surface area contributed by atoms with Gasteiger partial charge in [-0.1, -0.05) is 0 Å². The highest BCUT2D eigenvalue weighted by Gasteiger charge is 2.41. The van der Waals surface area contributed by atoms with Crippen molar-refractivity contribution in [1.82, 2.24) is 9.55 Å². The van der Waals surface area contributed by atoms with Crippen molar-refractivity contribution in [2.75, 3.05) is 13.2 Å². The number of rotatable bonds is 4. The summed E-state index contributed by atoms with van der Waals surface area (Å²) in [6, 6.07) is 0. The summed E-state index contributed by atoms with van der Waals surface area (Å²) in [5, 5.41) is 9.39. The fraction of sp³-hybridized carbons (Fsp3) is 0.667. The van der Waals surface area contributed by atoms with Crippen molar-refractivity contribution in [3.8, 4) is 0 Å². The molecule has 0 aliphatic carbocycles. The van der Waals surface area contributed by atoms with Crippen molar-refractivity contribution in [3.05, 3.63) is 32.6 Å². The second kappa shape index (κ2) is 5.28. The van der Waals surface area contributed by atoms with Crippen LogP contribution in [0.5, 0.6) is 0 Å². The number of hydrogen-bond acceptors (Lipinski definition) is 5. The summed E-state index contributed by atoms with van der Waals surface area (Å²) in [5.41, 5.74) is -0.496. The lowest BCUT2D eigenvalue weighted by Crippen LogP contribution is -2.38. The third-order valence-corrected chi connectivity index (χ3v) is 3.23. The van der Waals surface area contributed by atoms with E-state index in [4.69, 9.17) is 9.47 Å². The number of hydrogen-bond donors (Lipinski definition) is 2. The number of aryl methyl sites for hydroxylation is 1. The lowest BCUT2D eigenvalue weighted by Gasteiger charge is -2.27. The Balaban J connectivity index is 2.28. The predicted molar refractivity (Wildman–Crippen MR) is 66.9 cm³/mol. The van der Waals surface area contributed by atoms with Crippen LogP contribution in [0.3, 0.4) is 0 Å². The van der Waals surface area contributed by atoms with Gasteiger partial charge in [-0.2, -0.15) is 0 Å². The van der Waals surface area contributed by atoms with E-state index in [0.29, 0.717) is 25.0 Å². The first-order valence-electron chi connectivity index (χ1n) is 6.26. The average molecular weight is 270 g/mol. The Morgan fingerprint density at radius 3 is 3.00 bits per heavy atom. The van der Waals surface area contributed by atoms with Crippen LogP contribution in [0.15, 0.2) is 15.8 Å². The van der Waals surface area contributed by atoms with Crippen LogP contribution in [-0.4, -0.2) is 33.7 Å². The van der Waals surface area contributed by atoms with Gasteiger partial charge in [0.05, 0.1) is 6.61 Å². The number of nitrogens with zero attached hydrogens (tertiary/aromatic N) is 1. The van der Waals surface area contributed by atoms with Gasteiger partial charge in [-0.25, -0.2) is 4.79 Å². The molecule has 0 spiro atoms. The number of aromatic amines is 1. The molecule has 2 N–H and O–H groups in total. The molecular weight excluding hydrogens is 252 g/mol. The third kappa shape index (κ3) is 2.63. The van der Waals surface area contributed by atoms with Gasteiger partial charge in [-0.3, -0.25) is 14.3 Å². The quantitative estimate of drug-likeness (QED) is 0.795. The van der Waals surface area contributed by atoms with E-state index in [1.54, 1.807) is 6.92 Å². The predicted octanol–water partition coefficient (Wildman–Crippen LogP) is -0.121. The summed E-state index contributed by atoms with van der Waals surface area (Å²) < 4.78 is 12.4. The maximum absolute atomic E-state index is 11.8. The SMILES string of the molecule is CCO[C@@]1(CO)CC[C@@H](n2cc(C)c(=O)[nH]c2=O)O1. The highest BCUT2D eigenvalue weighted by Crippen LogP contribution is 2.36. The fourth-order valence-corrected chi connectivity index (χ4v) is 2.24. The lowest BCUT2D eigenvalue weighted by atomic mass is 10.2. The molecule has 2 atom stereocenters. The van der Waals surface area contributed by atoms with E-state index < -0.39 is 23.3 Å². The Morgan fingerprint density at radius 1 is 1.63 bits per heavy atom. The summed E-state index contributed by atoms with van der Waals surface area (Å²) >= 11 is 0. The molecule has 7 nitrogen and oxygen atoms in total. The van der Waals surface area contributed by atoms with Crippen molar-refractivity contribution in [3.63, 3.8) is 0 Å². The molecule has 0 saturated carbocycles. The normalized spacial score (nSPS) is 26.8. The smallest absolute Gasteiger partial charge is 0.330 e. The molecule has 1 saturated heterocycles. The highest BCUT2D eigenvalue weighted by atomic mass is 16.7. The molecule has 19 heavy (non-hydrogen) atoms. The number of nitrogens with one attached hydrogen (secondary N) is 1. The molecule has 1 aliphatic rings. The summed E-state index contributed by atoms with van der Waals surface area (Å²) in [4.78, 5) is 25.3. The first-order chi connectivity index (χ1) is 9.01. The minimum Gasteiger partial charge on any atom is -0.391 e. The van der Waals surface area contributed by atoms with Crippen LogP contribution in [0, 0.1) is 6.92 Å². The second-order valence-corrected chi connectivity index (χ2v) is 4.59. The highest BCUT2D eigenvalue weighted by molar-refractivity contribution is 5.01. The van der Waals surface area contributed by atoms with E-state index >= 15 is 0 Å². The van der Waals surface area contributed by atoms with Crippen LogP contribution in [0.25, 0.3) is 0 Å². The van der Waals surface area contributed by atoms with Crippen molar-refractivity contribution < 1.29 is 14.6 Å². The summed E-state index contributed by atoms with van der Waals surface area (Å²) in [6.07, 6.45) is 1.95. The van der Waals surface area contributed by atoms with E-state index in [1.807, 2.05) is 6.92 Å². The van der Waals surface area contributed by atoms with Gasteiger partial charge in [-0.05, 0) is 20.3 Å². The van der Waals surface area contributed by atoms with Crippen molar-refractivity contribution in [1.29, 1.82) is 0 Å². The molecule has 0 bridgehead atoms. The second-order valence-electron chi connectivity index (χ2n) is 4.59. The molecule has 2 heterocycles. The lowest BCUT2D eigenvalue weighted by molar-refractivity contribution is -0.253. The van der Waals surface area contributed by atoms with Gasteiger partial charge in [0, 0.05) is 24.8 Å². The standard InChI is InChI=1S/C12H18N2O5/c1-3-18-12(7-15)5-4-9(19-12)14-6-8(2)10(16)13-11(14)17/h6,9,15H,3-5,7H2,1-2H3,(H,13,16,17)/t9-,12-/m0/s1. The molecule has 0 aromatic carbocycles. The minimum absolute atomic E-state index is 0.269. The maximum Gasteiger partial charge on any atom is 0.330 e. The maximum atomic E-state index is 11.8. The number of aromatic nitrogens is 2. The molecule has 2 rings (SSSR count). The molecule has 1 fully saturated rings. The van der Waals surface area contributed by atoms with Gasteiger partial charge >= 0.3 is 5.69 Å². The van der Waals surface area contributed by atoms with E-state index in [2.05, 4.69) is 4.98 Å². The van der Waals surface area contributed by atoms with E-state index in [-0.39, 0.29) is 6.61 Å². The molecule has 106 valence electrons. The molecule has 1 aromatic rings. The van der Waals surface area contributed by atoms with E-state index in [1.165, 1.54) is 10.8 Å². The van der Waals surface area contributed by atoms with Crippen molar-refractivity contribution >= 4 is 0 Å². The van der Waals surface area contributed by atoms with E-state index in [0.717, 1.165) is 0 Å². The number of H-pyrrole nitrogens is 1. The zero-order chi connectivity index (χ0) is 14.0. The van der Waals surface area contributed by atoms with E-state index in [9.17, 15) is 14.7 Å². The molecule has 0 unspecified atom stereocenters. The first-order valence-corrected chi connectivity index (χ1v) is 6.26. The Kier molecular flexibility index (Phi) is 3.88. The van der Waals surface area contributed by atoms with Crippen LogP contribution in [-0.2, 0) is 9.47 Å². The number of ether oxygens (including phenoxy) is 2. The first kappa shape index (κ1) is 14.0. The van der Waals surface area contributed by atoms with Crippen LogP contribution >= 0.6 is 0 Å². The fourth-order valence-electron chi connectivity index (χ4n) is 2.24. The van der Waals surface area contributed by atoms with Crippen molar-refractivity contribution in [2.24, 2.45) is 0 Å². The van der Waals surface area contributed by atoms with Crippen LogP contribution in [0.4, 0.5) is 0 Å². The van der Waals surface area contributed by atoms with Gasteiger partial charge < -0.3 is 14.6 Å². The molecule has 0 radical (unpaired) electrons. The summed E-state index contributed by atoms with van der Waals surface area (Å²) in [5.74, 6) is -1.05. The minimum atomic E-state index is -1.05. The molecule has 0 amide bonds. The van der Waals surface area contributed by atoms with Gasteiger partial charge in [0.15, 0.2) is 5.79 Å². The zero-order valence-electron chi connectivity index (χ0n) is 11.0. The van der Waals surface area contributed by atoms with Gasteiger partial charge in [0.25, 0.3) is 5.56 Å². The average Bonchev–Trinajstić information content (AvgIpc) is 2.79.